The van der Waals surface area contributed by atoms with Crippen LogP contribution in [0.15, 0.2) is 28.7 Å². The number of rotatable bonds is 2. The number of nitrogens with two attached hydrogens (primary N) is 1. The van der Waals surface area contributed by atoms with Crippen LogP contribution < -0.4 is 10.5 Å². The Labute approximate surface area is 120 Å². The Morgan fingerprint density at radius 1 is 1.20 bits per heavy atom. The number of aryl methyl sites for hydroxylation is 1. The van der Waals surface area contributed by atoms with Crippen molar-refractivity contribution in [1.82, 2.24) is 9.97 Å². The molecule has 1 heterocycles. The molecule has 0 aliphatic carbocycles. The van der Waals surface area contributed by atoms with Gasteiger partial charge in [-0.25, -0.2) is 4.98 Å². The van der Waals surface area contributed by atoms with Crippen molar-refractivity contribution in [3.05, 3.63) is 40.0 Å². The van der Waals surface area contributed by atoms with E-state index in [9.17, 15) is 13.2 Å². The van der Waals surface area contributed by atoms with Gasteiger partial charge >= 0.3 is 6.18 Å². The lowest BCUT2D eigenvalue weighted by Gasteiger charge is -2.10. The molecule has 0 amide bonds. The van der Waals surface area contributed by atoms with Crippen molar-refractivity contribution in [3.8, 4) is 11.6 Å². The SMILES string of the molecule is Cc1cc(Oc2cc(C(F)(F)F)nc(N)n2)ccc1Br. The minimum atomic E-state index is -4.61. The van der Waals surface area contributed by atoms with E-state index in [2.05, 4.69) is 25.9 Å². The predicted molar refractivity (Wildman–Crippen MR) is 70.4 cm³/mol. The van der Waals surface area contributed by atoms with E-state index in [4.69, 9.17) is 10.5 Å². The van der Waals surface area contributed by atoms with Crippen LogP contribution in [0.5, 0.6) is 11.6 Å². The van der Waals surface area contributed by atoms with Crippen LogP contribution in [-0.4, -0.2) is 9.97 Å². The first-order valence-corrected chi connectivity index (χ1v) is 6.21. The van der Waals surface area contributed by atoms with Crippen molar-refractivity contribution in [2.24, 2.45) is 0 Å². The highest BCUT2D eigenvalue weighted by Crippen LogP contribution is 2.31. The molecule has 0 spiro atoms. The first kappa shape index (κ1) is 14.6. The number of alkyl halides is 3. The molecule has 0 aliphatic rings. The van der Waals surface area contributed by atoms with Crippen molar-refractivity contribution in [2.75, 3.05) is 5.73 Å². The molecule has 0 bridgehead atoms. The molecule has 0 saturated carbocycles. The second kappa shape index (κ2) is 5.28. The third-order valence-corrected chi connectivity index (χ3v) is 3.25. The largest absolute Gasteiger partial charge is 0.439 e. The van der Waals surface area contributed by atoms with Crippen molar-refractivity contribution in [2.45, 2.75) is 13.1 Å². The van der Waals surface area contributed by atoms with Gasteiger partial charge in [0.15, 0.2) is 5.69 Å². The highest BCUT2D eigenvalue weighted by Gasteiger charge is 2.33. The lowest BCUT2D eigenvalue weighted by atomic mass is 10.2. The van der Waals surface area contributed by atoms with Crippen molar-refractivity contribution in [3.63, 3.8) is 0 Å². The first-order valence-electron chi connectivity index (χ1n) is 5.41. The van der Waals surface area contributed by atoms with E-state index >= 15 is 0 Å². The molecule has 0 saturated heterocycles. The van der Waals surface area contributed by atoms with Crippen LogP contribution >= 0.6 is 15.9 Å². The van der Waals surface area contributed by atoms with E-state index in [1.54, 1.807) is 18.2 Å². The highest BCUT2D eigenvalue weighted by molar-refractivity contribution is 9.10. The fourth-order valence-electron chi connectivity index (χ4n) is 1.44. The van der Waals surface area contributed by atoms with E-state index in [1.807, 2.05) is 6.92 Å². The number of halogens is 4. The molecular weight excluding hydrogens is 339 g/mol. The molecule has 2 aromatic rings. The number of anilines is 1. The molecule has 2 N–H and O–H groups in total. The van der Waals surface area contributed by atoms with Crippen molar-refractivity contribution < 1.29 is 17.9 Å². The molecule has 0 aliphatic heterocycles. The van der Waals surface area contributed by atoms with Crippen LogP contribution in [0, 0.1) is 6.92 Å². The lowest BCUT2D eigenvalue weighted by Crippen LogP contribution is -2.11. The lowest BCUT2D eigenvalue weighted by molar-refractivity contribution is -0.141. The summed E-state index contributed by atoms with van der Waals surface area (Å²) in [5.41, 5.74) is 4.98. The minimum Gasteiger partial charge on any atom is -0.439 e. The number of hydrogen-bond acceptors (Lipinski definition) is 4. The zero-order chi connectivity index (χ0) is 14.9. The monoisotopic (exact) mass is 347 g/mol. The topological polar surface area (TPSA) is 61.0 Å². The van der Waals surface area contributed by atoms with E-state index in [0.717, 1.165) is 10.0 Å². The molecule has 1 aromatic carbocycles. The van der Waals surface area contributed by atoms with Crippen molar-refractivity contribution >= 4 is 21.9 Å². The average molecular weight is 348 g/mol. The molecule has 20 heavy (non-hydrogen) atoms. The van der Waals surface area contributed by atoms with Crippen LogP contribution in [0.4, 0.5) is 19.1 Å². The normalized spacial score (nSPS) is 11.4. The maximum absolute atomic E-state index is 12.6. The molecule has 0 fully saturated rings. The van der Waals surface area contributed by atoms with E-state index in [1.165, 1.54) is 0 Å². The molecule has 0 atom stereocenters. The molecule has 4 nitrogen and oxygen atoms in total. The van der Waals surface area contributed by atoms with Gasteiger partial charge in [0.1, 0.15) is 5.75 Å². The first-order chi connectivity index (χ1) is 9.25. The van der Waals surface area contributed by atoms with Gasteiger partial charge in [0.05, 0.1) is 0 Å². The summed E-state index contributed by atoms with van der Waals surface area (Å²) in [6, 6.07) is 5.69. The molecule has 106 valence electrons. The Morgan fingerprint density at radius 3 is 2.50 bits per heavy atom. The summed E-state index contributed by atoms with van der Waals surface area (Å²) in [6.07, 6.45) is -4.61. The van der Waals surface area contributed by atoms with Gasteiger partial charge in [-0.1, -0.05) is 15.9 Å². The smallest absolute Gasteiger partial charge is 0.433 e. The summed E-state index contributed by atoms with van der Waals surface area (Å²) in [5.74, 6) is -0.396. The van der Waals surface area contributed by atoms with Crippen LogP contribution in [0.25, 0.3) is 0 Å². The zero-order valence-corrected chi connectivity index (χ0v) is 11.8. The summed E-state index contributed by atoms with van der Waals surface area (Å²) in [7, 11) is 0. The van der Waals surface area contributed by atoms with Gasteiger partial charge in [0.25, 0.3) is 0 Å². The highest BCUT2D eigenvalue weighted by atomic mass is 79.9. The number of hydrogen-bond donors (Lipinski definition) is 1. The van der Waals surface area contributed by atoms with Crippen LogP contribution in [-0.2, 0) is 6.18 Å². The Kier molecular flexibility index (Phi) is 3.85. The van der Waals surface area contributed by atoms with E-state index in [0.29, 0.717) is 11.8 Å². The fraction of sp³-hybridized carbons (Fsp3) is 0.167. The Bertz CT molecular complexity index is 646. The number of ether oxygens (including phenoxy) is 1. The molecule has 1 aromatic heterocycles. The molecule has 8 heteroatoms. The number of benzene rings is 1. The quantitative estimate of drug-likeness (QED) is 0.893. The zero-order valence-electron chi connectivity index (χ0n) is 10.2. The summed E-state index contributed by atoms with van der Waals surface area (Å²) in [6.45, 7) is 1.83. The maximum atomic E-state index is 12.6. The van der Waals surface area contributed by atoms with Gasteiger partial charge in [-0.05, 0) is 30.7 Å². The third-order valence-electron chi connectivity index (χ3n) is 2.36. The Balaban J connectivity index is 2.33. The van der Waals surface area contributed by atoms with Gasteiger partial charge in [-0.3, -0.25) is 0 Å². The Hall–Kier alpha value is -1.83. The van der Waals surface area contributed by atoms with Crippen LogP contribution in [0.3, 0.4) is 0 Å². The molecule has 2 rings (SSSR count). The second-order valence-corrected chi connectivity index (χ2v) is 4.81. The predicted octanol–water partition coefficient (Wildman–Crippen LogP) is 3.94. The summed E-state index contributed by atoms with van der Waals surface area (Å²) in [5, 5.41) is 0. The van der Waals surface area contributed by atoms with Gasteiger partial charge < -0.3 is 10.5 Å². The minimum absolute atomic E-state index is 0.258. The molecule has 0 radical (unpaired) electrons. The van der Waals surface area contributed by atoms with Gasteiger partial charge in [-0.15, -0.1) is 0 Å². The average Bonchev–Trinajstić information content (AvgIpc) is 2.32. The maximum Gasteiger partial charge on any atom is 0.433 e. The van der Waals surface area contributed by atoms with Crippen LogP contribution in [0.1, 0.15) is 11.3 Å². The van der Waals surface area contributed by atoms with Crippen molar-refractivity contribution in [1.29, 1.82) is 0 Å². The van der Waals surface area contributed by atoms with Crippen LogP contribution in [0.2, 0.25) is 0 Å². The third kappa shape index (κ3) is 3.38. The fourth-order valence-corrected chi connectivity index (χ4v) is 1.69. The standard InChI is InChI=1S/C12H9BrF3N3O/c1-6-4-7(2-3-8(6)13)20-10-5-9(12(14,15)16)18-11(17)19-10/h2-5H,1H3,(H2,17,18,19). The summed E-state index contributed by atoms with van der Waals surface area (Å²) >= 11 is 3.31. The number of aromatic nitrogens is 2. The van der Waals surface area contributed by atoms with Gasteiger partial charge in [-0.2, -0.15) is 18.2 Å². The number of nitrogen functional groups attached to an aromatic ring is 1. The number of nitrogens with zero attached hydrogens (tertiary/aromatic N) is 2. The van der Waals surface area contributed by atoms with E-state index in [-0.39, 0.29) is 5.88 Å². The van der Waals surface area contributed by atoms with Gasteiger partial charge in [0.2, 0.25) is 11.8 Å². The molecular formula is C12H9BrF3N3O. The van der Waals surface area contributed by atoms with Gasteiger partial charge in [0, 0.05) is 10.5 Å². The summed E-state index contributed by atoms with van der Waals surface area (Å²) < 4.78 is 43.9. The second-order valence-electron chi connectivity index (χ2n) is 3.96. The van der Waals surface area contributed by atoms with E-state index < -0.39 is 17.8 Å². The molecule has 0 unspecified atom stereocenters. The Morgan fingerprint density at radius 2 is 1.90 bits per heavy atom. The summed E-state index contributed by atoms with van der Waals surface area (Å²) in [4.78, 5) is 6.76.